The lowest BCUT2D eigenvalue weighted by molar-refractivity contribution is 0.224. The monoisotopic (exact) mass is 428 g/mol. The summed E-state index contributed by atoms with van der Waals surface area (Å²) < 4.78 is 11.4. The van der Waals surface area contributed by atoms with E-state index in [4.69, 9.17) is 21.7 Å². The molecule has 0 spiro atoms. The molecule has 1 aliphatic heterocycles. The molecule has 3 rings (SSSR count). The number of rotatable bonds is 9. The molecule has 0 saturated carbocycles. The maximum absolute atomic E-state index is 5.90. The van der Waals surface area contributed by atoms with Crippen LogP contribution in [0.25, 0.3) is 0 Å². The summed E-state index contributed by atoms with van der Waals surface area (Å²) in [5.41, 5.74) is 2.15. The van der Waals surface area contributed by atoms with Gasteiger partial charge in [0.2, 0.25) is 0 Å². The lowest BCUT2D eigenvalue weighted by Crippen LogP contribution is -2.46. The van der Waals surface area contributed by atoms with Gasteiger partial charge in [0.1, 0.15) is 11.5 Å². The molecule has 1 aliphatic rings. The summed E-state index contributed by atoms with van der Waals surface area (Å²) in [6, 6.07) is 16.2. The summed E-state index contributed by atoms with van der Waals surface area (Å²) in [4.78, 5) is 4.91. The first-order chi connectivity index (χ1) is 14.7. The number of piperazine rings is 1. The van der Waals surface area contributed by atoms with E-state index in [9.17, 15) is 0 Å². The molecule has 0 atom stereocenters. The van der Waals surface area contributed by atoms with Gasteiger partial charge >= 0.3 is 0 Å². The number of anilines is 2. The minimum absolute atomic E-state index is 0.636. The Morgan fingerprint density at radius 2 is 1.77 bits per heavy atom. The van der Waals surface area contributed by atoms with E-state index in [0.717, 1.165) is 69.5 Å². The lowest BCUT2D eigenvalue weighted by Gasteiger charge is -2.36. The molecule has 0 aliphatic carbocycles. The van der Waals surface area contributed by atoms with Gasteiger partial charge in [0.25, 0.3) is 0 Å². The van der Waals surface area contributed by atoms with Crippen LogP contribution in [0.1, 0.15) is 13.3 Å². The van der Waals surface area contributed by atoms with Crippen molar-refractivity contribution in [3.8, 4) is 11.5 Å². The van der Waals surface area contributed by atoms with Crippen LogP contribution in [0.3, 0.4) is 0 Å². The number of para-hydroxylation sites is 2. The fourth-order valence-electron chi connectivity index (χ4n) is 3.55. The normalized spacial score (nSPS) is 14.3. The Balaban J connectivity index is 1.34. The van der Waals surface area contributed by atoms with Crippen molar-refractivity contribution in [2.45, 2.75) is 13.3 Å². The van der Waals surface area contributed by atoms with E-state index < -0.39 is 0 Å². The number of nitrogens with one attached hydrogen (secondary N) is 2. The molecule has 0 amide bonds. The van der Waals surface area contributed by atoms with Crippen LogP contribution in [0.15, 0.2) is 48.5 Å². The van der Waals surface area contributed by atoms with E-state index in [0.29, 0.717) is 5.11 Å². The molecule has 2 aromatic carbocycles. The summed E-state index contributed by atoms with van der Waals surface area (Å²) in [6.45, 7) is 8.75. The summed E-state index contributed by atoms with van der Waals surface area (Å²) in [5.74, 6) is 1.83. The Hall–Kier alpha value is -2.51. The molecular formula is C23H32N4O2S. The molecule has 1 heterocycles. The summed E-state index contributed by atoms with van der Waals surface area (Å²) in [5, 5.41) is 6.86. The standard InChI is InChI=1S/C23H32N4O2S/c1-3-24-23(30)25-19-9-11-20(12-10-19)29-18-6-13-26-14-16-27(17-15-26)21-7-4-5-8-22(21)28-2/h4-5,7-12H,3,6,13-18H2,1-2H3,(H2,24,25,30). The smallest absolute Gasteiger partial charge is 0.170 e. The molecule has 1 fully saturated rings. The Labute approximate surface area is 185 Å². The number of methoxy groups -OCH3 is 1. The van der Waals surface area contributed by atoms with Crippen molar-refractivity contribution < 1.29 is 9.47 Å². The van der Waals surface area contributed by atoms with Crippen LogP contribution in [0, 0.1) is 0 Å². The molecule has 0 radical (unpaired) electrons. The predicted molar refractivity (Wildman–Crippen MR) is 128 cm³/mol. The van der Waals surface area contributed by atoms with E-state index in [1.807, 2.05) is 43.3 Å². The summed E-state index contributed by atoms with van der Waals surface area (Å²) >= 11 is 5.20. The van der Waals surface area contributed by atoms with Gasteiger partial charge in [0, 0.05) is 45.0 Å². The number of thiocarbonyl (C=S) groups is 1. The SMILES string of the molecule is CCNC(=S)Nc1ccc(OCCCN2CCN(c3ccccc3OC)CC2)cc1. The highest BCUT2D eigenvalue weighted by molar-refractivity contribution is 7.80. The molecule has 0 bridgehead atoms. The van der Waals surface area contributed by atoms with Crippen LogP contribution in [0.2, 0.25) is 0 Å². The predicted octanol–water partition coefficient (Wildman–Crippen LogP) is 3.59. The molecule has 2 aromatic rings. The Morgan fingerprint density at radius 3 is 2.47 bits per heavy atom. The highest BCUT2D eigenvalue weighted by Gasteiger charge is 2.19. The average molecular weight is 429 g/mol. The second kappa shape index (κ2) is 11.6. The topological polar surface area (TPSA) is 49.0 Å². The first-order valence-corrected chi connectivity index (χ1v) is 11.0. The van der Waals surface area contributed by atoms with Crippen LogP contribution < -0.4 is 25.0 Å². The number of nitrogens with zero attached hydrogens (tertiary/aromatic N) is 2. The fraction of sp³-hybridized carbons (Fsp3) is 0.435. The van der Waals surface area contributed by atoms with Gasteiger partial charge in [-0.25, -0.2) is 0 Å². The van der Waals surface area contributed by atoms with Crippen LogP contribution in [0.4, 0.5) is 11.4 Å². The molecule has 0 unspecified atom stereocenters. The molecule has 6 nitrogen and oxygen atoms in total. The largest absolute Gasteiger partial charge is 0.495 e. The Morgan fingerprint density at radius 1 is 1.03 bits per heavy atom. The highest BCUT2D eigenvalue weighted by Crippen LogP contribution is 2.28. The van der Waals surface area contributed by atoms with Crippen LogP contribution in [-0.4, -0.2) is 63.0 Å². The zero-order valence-corrected chi connectivity index (χ0v) is 18.7. The van der Waals surface area contributed by atoms with Gasteiger partial charge in [-0.15, -0.1) is 0 Å². The average Bonchev–Trinajstić information content (AvgIpc) is 2.78. The summed E-state index contributed by atoms with van der Waals surface area (Å²) in [7, 11) is 1.73. The van der Waals surface area contributed by atoms with Crippen molar-refractivity contribution in [2.24, 2.45) is 0 Å². The van der Waals surface area contributed by atoms with Gasteiger partial charge in [-0.1, -0.05) is 12.1 Å². The molecule has 30 heavy (non-hydrogen) atoms. The fourth-order valence-corrected chi connectivity index (χ4v) is 3.81. The maximum atomic E-state index is 5.90. The first-order valence-electron chi connectivity index (χ1n) is 10.6. The van der Waals surface area contributed by atoms with Crippen molar-refractivity contribution >= 4 is 28.7 Å². The van der Waals surface area contributed by atoms with E-state index >= 15 is 0 Å². The minimum atomic E-state index is 0.636. The highest BCUT2D eigenvalue weighted by atomic mass is 32.1. The van der Waals surface area contributed by atoms with Crippen molar-refractivity contribution in [3.05, 3.63) is 48.5 Å². The molecular weight excluding hydrogens is 396 g/mol. The zero-order valence-electron chi connectivity index (χ0n) is 17.9. The number of hydrogen-bond donors (Lipinski definition) is 2. The first kappa shape index (κ1) is 22.2. The quantitative estimate of drug-likeness (QED) is 0.468. The van der Waals surface area contributed by atoms with Gasteiger partial charge in [-0.05, 0) is 62.0 Å². The third-order valence-corrected chi connectivity index (χ3v) is 5.38. The van der Waals surface area contributed by atoms with Crippen molar-refractivity contribution in [1.29, 1.82) is 0 Å². The molecule has 162 valence electrons. The van der Waals surface area contributed by atoms with Crippen molar-refractivity contribution in [2.75, 3.05) is 63.2 Å². The van der Waals surface area contributed by atoms with Gasteiger partial charge < -0.3 is 25.0 Å². The Kier molecular flexibility index (Phi) is 8.59. The lowest BCUT2D eigenvalue weighted by atomic mass is 10.2. The van der Waals surface area contributed by atoms with E-state index in [1.165, 1.54) is 5.69 Å². The minimum Gasteiger partial charge on any atom is -0.495 e. The van der Waals surface area contributed by atoms with Crippen molar-refractivity contribution in [3.63, 3.8) is 0 Å². The molecule has 2 N–H and O–H groups in total. The van der Waals surface area contributed by atoms with Crippen molar-refractivity contribution in [1.82, 2.24) is 10.2 Å². The maximum Gasteiger partial charge on any atom is 0.170 e. The van der Waals surface area contributed by atoms with Gasteiger partial charge in [-0.3, -0.25) is 4.90 Å². The van der Waals surface area contributed by atoms with Crippen LogP contribution >= 0.6 is 12.2 Å². The van der Waals surface area contributed by atoms with Gasteiger partial charge in [0.15, 0.2) is 5.11 Å². The zero-order chi connectivity index (χ0) is 21.2. The number of ether oxygens (including phenoxy) is 2. The second-order valence-corrected chi connectivity index (χ2v) is 7.62. The number of hydrogen-bond acceptors (Lipinski definition) is 5. The molecule has 7 heteroatoms. The van der Waals surface area contributed by atoms with E-state index in [1.54, 1.807) is 7.11 Å². The van der Waals surface area contributed by atoms with Gasteiger partial charge in [-0.2, -0.15) is 0 Å². The molecule has 1 saturated heterocycles. The van der Waals surface area contributed by atoms with Crippen LogP contribution in [-0.2, 0) is 0 Å². The number of benzene rings is 2. The third kappa shape index (κ3) is 6.50. The van der Waals surface area contributed by atoms with E-state index in [2.05, 4.69) is 32.6 Å². The van der Waals surface area contributed by atoms with Gasteiger partial charge in [0.05, 0.1) is 19.4 Å². The van der Waals surface area contributed by atoms with Crippen LogP contribution in [0.5, 0.6) is 11.5 Å². The molecule has 0 aromatic heterocycles. The third-order valence-electron chi connectivity index (χ3n) is 5.14. The Bertz CT molecular complexity index is 792. The second-order valence-electron chi connectivity index (χ2n) is 7.21. The summed E-state index contributed by atoms with van der Waals surface area (Å²) in [6.07, 6.45) is 1.01. The van der Waals surface area contributed by atoms with E-state index in [-0.39, 0.29) is 0 Å².